The van der Waals surface area contributed by atoms with Gasteiger partial charge in [0.2, 0.25) is 0 Å². The zero-order valence-corrected chi connectivity index (χ0v) is 10.2. The lowest BCUT2D eigenvalue weighted by atomic mass is 9.78. The maximum atomic E-state index is 13.8. The fraction of sp³-hybridized carbons (Fsp3) is 0.455. The second kappa shape index (κ2) is 4.00. The normalized spacial score (nSPS) is 19.1. The number of hydrogen-bond acceptors (Lipinski definition) is 2. The highest BCUT2D eigenvalue weighted by Crippen LogP contribution is 2.38. The fourth-order valence-corrected chi connectivity index (χ4v) is 2.64. The summed E-state index contributed by atoms with van der Waals surface area (Å²) in [7, 11) is 1.50. The summed E-state index contributed by atoms with van der Waals surface area (Å²) in [6.45, 7) is 0. The Morgan fingerprint density at radius 1 is 1.25 bits per heavy atom. The molecule has 1 aliphatic rings. The molecule has 0 N–H and O–H groups in total. The number of rotatable bonds is 3. The van der Waals surface area contributed by atoms with Crippen LogP contribution in [0, 0.1) is 0 Å². The van der Waals surface area contributed by atoms with Crippen molar-refractivity contribution in [3.63, 3.8) is 0 Å². The van der Waals surface area contributed by atoms with Crippen LogP contribution in [0.4, 0.5) is 4.39 Å². The lowest BCUT2D eigenvalue weighted by Crippen LogP contribution is -2.33. The molecule has 88 valence electrons. The van der Waals surface area contributed by atoms with Gasteiger partial charge < -0.3 is 0 Å². The van der Waals surface area contributed by atoms with Crippen LogP contribution in [-0.2, 0) is 15.5 Å². The molecule has 0 bridgehead atoms. The van der Waals surface area contributed by atoms with Gasteiger partial charge in [-0.25, -0.2) is 12.8 Å². The van der Waals surface area contributed by atoms with Crippen LogP contribution >= 0.6 is 10.7 Å². The standard InChI is InChI=1S/C11H12ClFO2S/c12-16(14,15)10-4-2-9(3-5-10)8-11(13)6-1-7-11/h2-5H,1,6-8H2. The first-order chi connectivity index (χ1) is 7.39. The van der Waals surface area contributed by atoms with E-state index in [1.807, 2.05) is 0 Å². The molecule has 0 atom stereocenters. The maximum absolute atomic E-state index is 13.8. The van der Waals surface area contributed by atoms with Crippen molar-refractivity contribution in [1.29, 1.82) is 0 Å². The van der Waals surface area contributed by atoms with Crippen molar-refractivity contribution in [2.75, 3.05) is 0 Å². The molecule has 0 radical (unpaired) electrons. The zero-order valence-electron chi connectivity index (χ0n) is 8.62. The van der Waals surface area contributed by atoms with E-state index in [4.69, 9.17) is 10.7 Å². The van der Waals surface area contributed by atoms with Crippen molar-refractivity contribution in [2.45, 2.75) is 36.2 Å². The molecule has 0 spiro atoms. The summed E-state index contributed by atoms with van der Waals surface area (Å²) in [5.74, 6) is 0. The smallest absolute Gasteiger partial charge is 0.244 e. The van der Waals surface area contributed by atoms with Gasteiger partial charge in [0.15, 0.2) is 0 Å². The minimum atomic E-state index is -3.68. The number of benzene rings is 1. The second-order valence-corrected chi connectivity index (χ2v) is 6.83. The van der Waals surface area contributed by atoms with Crippen LogP contribution in [0.25, 0.3) is 0 Å². The lowest BCUT2D eigenvalue weighted by Gasteiger charge is -2.33. The van der Waals surface area contributed by atoms with Crippen molar-refractivity contribution in [3.8, 4) is 0 Å². The quantitative estimate of drug-likeness (QED) is 0.785. The number of hydrogen-bond donors (Lipinski definition) is 0. The average molecular weight is 263 g/mol. The molecule has 1 fully saturated rings. The Morgan fingerprint density at radius 2 is 1.81 bits per heavy atom. The van der Waals surface area contributed by atoms with Crippen LogP contribution in [-0.4, -0.2) is 14.1 Å². The summed E-state index contributed by atoms with van der Waals surface area (Å²) in [4.78, 5) is 0.0550. The summed E-state index contributed by atoms with van der Waals surface area (Å²) in [6.07, 6.45) is 2.49. The monoisotopic (exact) mass is 262 g/mol. The van der Waals surface area contributed by atoms with Gasteiger partial charge in [-0.05, 0) is 37.0 Å². The van der Waals surface area contributed by atoms with Gasteiger partial charge >= 0.3 is 0 Å². The fourth-order valence-electron chi connectivity index (χ4n) is 1.87. The molecule has 1 aliphatic carbocycles. The molecule has 0 aromatic heterocycles. The van der Waals surface area contributed by atoms with Gasteiger partial charge in [-0.1, -0.05) is 12.1 Å². The molecular formula is C11H12ClFO2S. The predicted octanol–water partition coefficient (Wildman–Crippen LogP) is 3.05. The molecule has 0 aliphatic heterocycles. The van der Waals surface area contributed by atoms with Crippen LogP contribution in [0.5, 0.6) is 0 Å². The molecule has 2 rings (SSSR count). The third kappa shape index (κ3) is 2.55. The highest BCUT2D eigenvalue weighted by molar-refractivity contribution is 8.13. The summed E-state index contributed by atoms with van der Waals surface area (Å²) in [6, 6.07) is 6.07. The topological polar surface area (TPSA) is 34.1 Å². The molecule has 2 nitrogen and oxygen atoms in total. The van der Waals surface area contributed by atoms with Crippen LogP contribution in [0.2, 0.25) is 0 Å². The van der Waals surface area contributed by atoms with Crippen LogP contribution in [0.1, 0.15) is 24.8 Å². The first-order valence-corrected chi connectivity index (χ1v) is 7.43. The van der Waals surface area contributed by atoms with Gasteiger partial charge in [0, 0.05) is 17.1 Å². The van der Waals surface area contributed by atoms with Crippen molar-refractivity contribution in [2.24, 2.45) is 0 Å². The Morgan fingerprint density at radius 3 is 2.19 bits per heavy atom. The van der Waals surface area contributed by atoms with E-state index in [1.54, 1.807) is 12.1 Å². The van der Waals surface area contributed by atoms with Gasteiger partial charge in [-0.3, -0.25) is 0 Å². The van der Waals surface area contributed by atoms with Crippen molar-refractivity contribution in [3.05, 3.63) is 29.8 Å². The number of alkyl halides is 1. The van der Waals surface area contributed by atoms with E-state index in [-0.39, 0.29) is 4.90 Å². The molecule has 0 unspecified atom stereocenters. The second-order valence-electron chi connectivity index (χ2n) is 4.26. The van der Waals surface area contributed by atoms with Gasteiger partial charge in [0.1, 0.15) is 5.67 Å². The van der Waals surface area contributed by atoms with Gasteiger partial charge in [0.25, 0.3) is 9.05 Å². The van der Waals surface area contributed by atoms with Crippen LogP contribution < -0.4 is 0 Å². The van der Waals surface area contributed by atoms with E-state index in [1.165, 1.54) is 12.1 Å². The summed E-state index contributed by atoms with van der Waals surface area (Å²) in [5, 5.41) is 0. The van der Waals surface area contributed by atoms with Crippen molar-refractivity contribution in [1.82, 2.24) is 0 Å². The molecule has 1 aromatic carbocycles. The first-order valence-electron chi connectivity index (χ1n) is 5.12. The maximum Gasteiger partial charge on any atom is 0.261 e. The minimum Gasteiger partial charge on any atom is -0.244 e. The first kappa shape index (κ1) is 11.9. The Hall–Kier alpha value is -0.610. The highest BCUT2D eigenvalue weighted by atomic mass is 35.7. The lowest BCUT2D eigenvalue weighted by molar-refractivity contribution is 0.0641. The minimum absolute atomic E-state index is 0.0550. The third-order valence-corrected chi connectivity index (χ3v) is 4.35. The summed E-state index contributed by atoms with van der Waals surface area (Å²) < 4.78 is 35.8. The van der Waals surface area contributed by atoms with Crippen molar-refractivity contribution >= 4 is 19.7 Å². The molecule has 1 aromatic rings. The molecule has 0 heterocycles. The largest absolute Gasteiger partial charge is 0.261 e. The SMILES string of the molecule is O=S(=O)(Cl)c1ccc(CC2(F)CCC2)cc1. The molecule has 0 amide bonds. The Bertz CT molecular complexity index is 477. The van der Waals surface area contributed by atoms with E-state index in [2.05, 4.69) is 0 Å². The average Bonchev–Trinajstić information content (AvgIpc) is 2.15. The zero-order chi connectivity index (χ0) is 11.8. The van der Waals surface area contributed by atoms with E-state index in [9.17, 15) is 12.8 Å². The van der Waals surface area contributed by atoms with E-state index in [0.717, 1.165) is 12.0 Å². The van der Waals surface area contributed by atoms with Crippen molar-refractivity contribution < 1.29 is 12.8 Å². The predicted molar refractivity (Wildman–Crippen MR) is 60.9 cm³/mol. The highest BCUT2D eigenvalue weighted by Gasteiger charge is 2.36. The van der Waals surface area contributed by atoms with E-state index >= 15 is 0 Å². The Balaban J connectivity index is 2.14. The van der Waals surface area contributed by atoms with Crippen LogP contribution in [0.15, 0.2) is 29.2 Å². The van der Waals surface area contributed by atoms with Gasteiger partial charge in [-0.2, -0.15) is 0 Å². The Labute approximate surface area is 98.8 Å². The summed E-state index contributed by atoms with van der Waals surface area (Å²) >= 11 is 0. The van der Waals surface area contributed by atoms with Gasteiger partial charge in [-0.15, -0.1) is 0 Å². The van der Waals surface area contributed by atoms with Crippen LogP contribution in [0.3, 0.4) is 0 Å². The van der Waals surface area contributed by atoms with Gasteiger partial charge in [0.05, 0.1) is 4.90 Å². The summed E-state index contributed by atoms with van der Waals surface area (Å²) in [5.41, 5.74) is -0.271. The van der Waals surface area contributed by atoms with E-state index < -0.39 is 14.7 Å². The molecule has 16 heavy (non-hydrogen) atoms. The third-order valence-electron chi connectivity index (χ3n) is 2.98. The molecule has 0 saturated heterocycles. The number of halogens is 2. The van der Waals surface area contributed by atoms with E-state index in [0.29, 0.717) is 19.3 Å². The molecule has 1 saturated carbocycles. The Kier molecular flexibility index (Phi) is 2.97. The molecule has 5 heteroatoms. The molecular weight excluding hydrogens is 251 g/mol.